The van der Waals surface area contributed by atoms with Gasteiger partial charge in [-0.2, -0.15) is 0 Å². The van der Waals surface area contributed by atoms with E-state index in [1.165, 1.54) is 31.1 Å². The summed E-state index contributed by atoms with van der Waals surface area (Å²) in [5.41, 5.74) is 6.18. The third kappa shape index (κ3) is 2.59. The molecule has 0 spiro atoms. The number of halogens is 2. The fourth-order valence-electron chi connectivity index (χ4n) is 4.52. The summed E-state index contributed by atoms with van der Waals surface area (Å²) < 4.78 is 2.69. The Kier molecular flexibility index (Phi) is 5.13. The van der Waals surface area contributed by atoms with Gasteiger partial charge in [0, 0.05) is 12.6 Å². The van der Waals surface area contributed by atoms with E-state index in [-0.39, 0.29) is 5.41 Å². The Hall–Kier alpha value is -0.100. The van der Waals surface area contributed by atoms with Crippen LogP contribution in [0.1, 0.15) is 51.7 Å². The van der Waals surface area contributed by atoms with Gasteiger partial charge in [0.2, 0.25) is 0 Å². The molecule has 0 N–H and O–H groups in total. The van der Waals surface area contributed by atoms with E-state index in [2.05, 4.69) is 109 Å². The first kappa shape index (κ1) is 17.7. The fraction of sp³-hybridized carbons (Fsp3) is 0.429. The molecule has 0 bridgehead atoms. The summed E-state index contributed by atoms with van der Waals surface area (Å²) in [5, 5.41) is 0. The van der Waals surface area contributed by atoms with Crippen molar-refractivity contribution >= 4 is 45.2 Å². The SMILES string of the molecule is CCC(C)C1(C(C)CC)c2cc(I)ccc2-c2ccc(I)cc21. The van der Waals surface area contributed by atoms with Crippen LogP contribution < -0.4 is 0 Å². The van der Waals surface area contributed by atoms with Crippen LogP contribution >= 0.6 is 45.2 Å². The Morgan fingerprint density at radius 2 is 1.17 bits per heavy atom. The van der Waals surface area contributed by atoms with Crippen molar-refractivity contribution in [2.75, 3.05) is 0 Å². The van der Waals surface area contributed by atoms with Crippen LogP contribution in [0.4, 0.5) is 0 Å². The molecule has 0 radical (unpaired) electrons. The largest absolute Gasteiger partial charge is 0.0651 e. The van der Waals surface area contributed by atoms with Crippen LogP contribution in [-0.2, 0) is 5.41 Å². The molecular weight excluding hydrogens is 506 g/mol. The van der Waals surface area contributed by atoms with Gasteiger partial charge in [-0.1, -0.05) is 52.7 Å². The summed E-state index contributed by atoms with van der Waals surface area (Å²) in [7, 11) is 0. The highest BCUT2D eigenvalue weighted by Gasteiger charge is 2.49. The van der Waals surface area contributed by atoms with Crippen molar-refractivity contribution in [3.8, 4) is 11.1 Å². The van der Waals surface area contributed by atoms with Crippen LogP contribution in [0.15, 0.2) is 36.4 Å². The Bertz CT molecular complexity index is 669. The predicted octanol–water partition coefficient (Wildman–Crippen LogP) is 7.25. The smallest absolute Gasteiger partial charge is 0.0266 e. The molecule has 2 aromatic rings. The molecule has 1 aliphatic carbocycles. The van der Waals surface area contributed by atoms with E-state index in [4.69, 9.17) is 0 Å². The van der Waals surface area contributed by atoms with Crippen molar-refractivity contribution in [1.29, 1.82) is 0 Å². The zero-order valence-electron chi connectivity index (χ0n) is 14.3. The second kappa shape index (κ2) is 6.66. The molecule has 23 heavy (non-hydrogen) atoms. The molecule has 0 aliphatic heterocycles. The highest BCUT2D eigenvalue weighted by atomic mass is 127. The molecule has 2 unspecified atom stereocenters. The minimum absolute atomic E-state index is 0.149. The van der Waals surface area contributed by atoms with Crippen molar-refractivity contribution in [2.24, 2.45) is 11.8 Å². The van der Waals surface area contributed by atoms with Crippen molar-refractivity contribution in [3.63, 3.8) is 0 Å². The summed E-state index contributed by atoms with van der Waals surface area (Å²) in [5.74, 6) is 1.27. The average Bonchev–Trinajstić information content (AvgIpc) is 2.83. The van der Waals surface area contributed by atoms with Crippen LogP contribution in [0, 0.1) is 19.0 Å². The van der Waals surface area contributed by atoms with E-state index in [9.17, 15) is 0 Å². The highest BCUT2D eigenvalue weighted by molar-refractivity contribution is 14.1. The maximum atomic E-state index is 2.47. The van der Waals surface area contributed by atoms with E-state index in [1.54, 1.807) is 11.1 Å². The van der Waals surface area contributed by atoms with Gasteiger partial charge in [-0.25, -0.2) is 0 Å². The van der Waals surface area contributed by atoms with Crippen molar-refractivity contribution in [1.82, 2.24) is 0 Å². The van der Waals surface area contributed by atoms with E-state index in [0.717, 1.165) is 0 Å². The molecule has 0 fully saturated rings. The highest BCUT2D eigenvalue weighted by Crippen LogP contribution is 2.58. The standard InChI is InChI=1S/C21H24I2/c1-5-13(3)21(14(4)6-2)19-11-15(22)7-9-17(19)18-10-8-16(23)12-20(18)21/h7-14H,5-6H2,1-4H3. The van der Waals surface area contributed by atoms with Crippen molar-refractivity contribution in [2.45, 2.75) is 46.0 Å². The summed E-state index contributed by atoms with van der Waals surface area (Å²) in [6, 6.07) is 14.1. The van der Waals surface area contributed by atoms with E-state index in [0.29, 0.717) is 11.8 Å². The second-order valence-corrected chi connectivity index (χ2v) is 9.36. The Morgan fingerprint density at radius 3 is 1.52 bits per heavy atom. The third-order valence-electron chi connectivity index (χ3n) is 5.92. The quantitative estimate of drug-likeness (QED) is 0.366. The van der Waals surface area contributed by atoms with E-state index in [1.807, 2.05) is 0 Å². The average molecular weight is 530 g/mol. The molecule has 2 aromatic carbocycles. The van der Waals surface area contributed by atoms with Gasteiger partial charge in [-0.05, 0) is 104 Å². The summed E-state index contributed by atoms with van der Waals surface area (Å²) in [6.07, 6.45) is 2.42. The van der Waals surface area contributed by atoms with E-state index >= 15 is 0 Å². The zero-order valence-corrected chi connectivity index (χ0v) is 18.6. The van der Waals surface area contributed by atoms with Crippen molar-refractivity contribution in [3.05, 3.63) is 54.7 Å². The van der Waals surface area contributed by atoms with Gasteiger partial charge < -0.3 is 0 Å². The van der Waals surface area contributed by atoms with Crippen molar-refractivity contribution < 1.29 is 0 Å². The first-order valence-corrected chi connectivity index (χ1v) is 10.7. The zero-order chi connectivity index (χ0) is 16.8. The van der Waals surface area contributed by atoms with E-state index < -0.39 is 0 Å². The molecule has 0 saturated heterocycles. The number of fused-ring (bicyclic) bond motifs is 3. The summed E-state index contributed by atoms with van der Waals surface area (Å²) >= 11 is 4.93. The molecule has 0 saturated carbocycles. The van der Waals surface area contributed by atoms with Crippen LogP contribution in [0.25, 0.3) is 11.1 Å². The molecule has 1 aliphatic rings. The predicted molar refractivity (Wildman–Crippen MR) is 117 cm³/mol. The number of hydrogen-bond acceptors (Lipinski definition) is 0. The van der Waals surface area contributed by atoms with Crippen LogP contribution in [-0.4, -0.2) is 0 Å². The summed E-state index contributed by atoms with van der Waals surface area (Å²) in [6.45, 7) is 9.58. The molecular formula is C21H24I2. The van der Waals surface area contributed by atoms with Gasteiger partial charge in [0.25, 0.3) is 0 Å². The lowest BCUT2D eigenvalue weighted by molar-refractivity contribution is 0.235. The maximum absolute atomic E-state index is 2.47. The molecule has 2 heteroatoms. The number of rotatable bonds is 4. The van der Waals surface area contributed by atoms with Crippen LogP contribution in [0.5, 0.6) is 0 Å². The van der Waals surface area contributed by atoms with Gasteiger partial charge in [0.05, 0.1) is 0 Å². The monoisotopic (exact) mass is 530 g/mol. The summed E-state index contributed by atoms with van der Waals surface area (Å²) in [4.78, 5) is 0. The normalized spacial score (nSPS) is 17.5. The Labute approximate surface area is 167 Å². The van der Waals surface area contributed by atoms with Gasteiger partial charge in [-0.3, -0.25) is 0 Å². The fourth-order valence-corrected chi connectivity index (χ4v) is 5.51. The minimum Gasteiger partial charge on any atom is -0.0651 e. The number of benzene rings is 2. The van der Waals surface area contributed by atoms with Crippen LogP contribution in [0.3, 0.4) is 0 Å². The second-order valence-electron chi connectivity index (χ2n) is 6.87. The Balaban J connectivity index is 2.42. The maximum Gasteiger partial charge on any atom is 0.0266 e. The Morgan fingerprint density at radius 1 is 0.783 bits per heavy atom. The molecule has 3 rings (SSSR count). The van der Waals surface area contributed by atoms with Gasteiger partial charge in [0.15, 0.2) is 0 Å². The van der Waals surface area contributed by atoms with Crippen LogP contribution in [0.2, 0.25) is 0 Å². The minimum atomic E-state index is 0.149. The molecule has 122 valence electrons. The lowest BCUT2D eigenvalue weighted by atomic mass is 9.60. The van der Waals surface area contributed by atoms with Gasteiger partial charge >= 0.3 is 0 Å². The lowest BCUT2D eigenvalue weighted by Gasteiger charge is -2.43. The first-order chi connectivity index (χ1) is 11.0. The molecule has 0 heterocycles. The molecule has 0 nitrogen and oxygen atoms in total. The molecule has 0 amide bonds. The third-order valence-corrected chi connectivity index (χ3v) is 7.27. The molecule has 2 atom stereocenters. The number of hydrogen-bond donors (Lipinski definition) is 0. The van der Waals surface area contributed by atoms with Gasteiger partial charge in [0.1, 0.15) is 0 Å². The first-order valence-electron chi connectivity index (χ1n) is 8.57. The molecule has 0 aromatic heterocycles. The lowest BCUT2D eigenvalue weighted by Crippen LogP contribution is -2.39. The topological polar surface area (TPSA) is 0 Å². The van der Waals surface area contributed by atoms with Gasteiger partial charge in [-0.15, -0.1) is 0 Å².